The third-order valence-corrected chi connectivity index (χ3v) is 5.54. The number of carbonyl (C=O) groups is 1. The van der Waals surface area contributed by atoms with Gasteiger partial charge < -0.3 is 14.7 Å². The van der Waals surface area contributed by atoms with Gasteiger partial charge in [-0.05, 0) is 6.42 Å². The molecule has 1 amide bonds. The second-order valence-electron chi connectivity index (χ2n) is 6.65. The SMILES string of the molecule is CC(C)C(=O)N1CCCN(c2cc(N3CCSCC3)ncn2)CC1. The topological polar surface area (TPSA) is 52.6 Å². The first-order chi connectivity index (χ1) is 11.6. The van der Waals surface area contributed by atoms with Crippen LogP contribution in [-0.2, 0) is 4.79 Å². The predicted molar refractivity (Wildman–Crippen MR) is 99.8 cm³/mol. The summed E-state index contributed by atoms with van der Waals surface area (Å²) < 4.78 is 0. The number of rotatable bonds is 3. The molecule has 0 unspecified atom stereocenters. The van der Waals surface area contributed by atoms with Crippen LogP contribution in [0.3, 0.4) is 0 Å². The van der Waals surface area contributed by atoms with Crippen LogP contribution in [0.25, 0.3) is 0 Å². The molecule has 1 aromatic rings. The molecule has 0 spiro atoms. The van der Waals surface area contributed by atoms with Gasteiger partial charge in [0.25, 0.3) is 0 Å². The summed E-state index contributed by atoms with van der Waals surface area (Å²) in [6, 6.07) is 2.11. The monoisotopic (exact) mass is 349 g/mol. The van der Waals surface area contributed by atoms with Crippen LogP contribution in [0.15, 0.2) is 12.4 Å². The molecule has 0 saturated carbocycles. The largest absolute Gasteiger partial charge is 0.355 e. The van der Waals surface area contributed by atoms with Gasteiger partial charge in [0.15, 0.2) is 0 Å². The van der Waals surface area contributed by atoms with Crippen molar-refractivity contribution in [3.63, 3.8) is 0 Å². The number of anilines is 2. The Morgan fingerprint density at radius 1 is 1.00 bits per heavy atom. The zero-order chi connectivity index (χ0) is 16.9. The average Bonchev–Trinajstić information content (AvgIpc) is 2.88. The highest BCUT2D eigenvalue weighted by molar-refractivity contribution is 7.99. The molecule has 0 N–H and O–H groups in total. The van der Waals surface area contributed by atoms with Crippen LogP contribution in [0.4, 0.5) is 11.6 Å². The van der Waals surface area contributed by atoms with Crippen molar-refractivity contribution in [2.75, 3.05) is 60.6 Å². The van der Waals surface area contributed by atoms with Crippen LogP contribution < -0.4 is 9.80 Å². The number of carbonyl (C=O) groups excluding carboxylic acids is 1. The van der Waals surface area contributed by atoms with Crippen LogP contribution in [0.2, 0.25) is 0 Å². The second-order valence-corrected chi connectivity index (χ2v) is 7.88. The van der Waals surface area contributed by atoms with Crippen molar-refractivity contribution in [3.05, 3.63) is 12.4 Å². The van der Waals surface area contributed by atoms with Gasteiger partial charge in [0.05, 0.1) is 0 Å². The number of hydrogen-bond acceptors (Lipinski definition) is 6. The van der Waals surface area contributed by atoms with Gasteiger partial charge in [0.1, 0.15) is 18.0 Å². The maximum Gasteiger partial charge on any atom is 0.225 e. The van der Waals surface area contributed by atoms with Gasteiger partial charge >= 0.3 is 0 Å². The van der Waals surface area contributed by atoms with Gasteiger partial charge in [-0.15, -0.1) is 0 Å². The molecule has 0 bridgehead atoms. The fraction of sp³-hybridized carbons (Fsp3) is 0.706. The first-order valence-electron chi connectivity index (χ1n) is 8.83. The van der Waals surface area contributed by atoms with E-state index in [1.807, 2.05) is 30.5 Å². The second kappa shape index (κ2) is 8.05. The highest BCUT2D eigenvalue weighted by Gasteiger charge is 2.22. The molecule has 0 radical (unpaired) electrons. The Labute approximate surface area is 148 Å². The Morgan fingerprint density at radius 3 is 2.33 bits per heavy atom. The molecule has 1 aromatic heterocycles. The summed E-state index contributed by atoms with van der Waals surface area (Å²) in [6.07, 6.45) is 2.66. The molecule has 2 aliphatic heterocycles. The van der Waals surface area contributed by atoms with Crippen molar-refractivity contribution < 1.29 is 4.79 Å². The van der Waals surface area contributed by atoms with Gasteiger partial charge in [0.2, 0.25) is 5.91 Å². The highest BCUT2D eigenvalue weighted by atomic mass is 32.2. The molecule has 0 aromatic carbocycles. The summed E-state index contributed by atoms with van der Waals surface area (Å²) in [5, 5.41) is 0. The van der Waals surface area contributed by atoms with E-state index in [0.29, 0.717) is 0 Å². The molecule has 6 nitrogen and oxygen atoms in total. The number of hydrogen-bond donors (Lipinski definition) is 0. The average molecular weight is 350 g/mol. The summed E-state index contributed by atoms with van der Waals surface area (Å²) in [4.78, 5) is 27.8. The number of thioether (sulfide) groups is 1. The van der Waals surface area contributed by atoms with Gasteiger partial charge in [-0.2, -0.15) is 11.8 Å². The maximum absolute atomic E-state index is 12.2. The van der Waals surface area contributed by atoms with E-state index < -0.39 is 0 Å². The molecule has 3 rings (SSSR count). The summed E-state index contributed by atoms with van der Waals surface area (Å²) in [6.45, 7) is 9.44. The molecule has 0 aliphatic carbocycles. The highest BCUT2D eigenvalue weighted by Crippen LogP contribution is 2.22. The van der Waals surface area contributed by atoms with Gasteiger partial charge in [0, 0.05) is 62.8 Å². The molecule has 24 heavy (non-hydrogen) atoms. The minimum Gasteiger partial charge on any atom is -0.355 e. The fourth-order valence-electron chi connectivity index (χ4n) is 3.21. The van der Waals surface area contributed by atoms with E-state index in [4.69, 9.17) is 0 Å². The Bertz CT molecular complexity index is 562. The quantitative estimate of drug-likeness (QED) is 0.828. The minimum atomic E-state index is 0.0687. The van der Waals surface area contributed by atoms with Crippen molar-refractivity contribution in [1.29, 1.82) is 0 Å². The first kappa shape index (κ1) is 17.3. The molecule has 2 aliphatic rings. The van der Waals surface area contributed by atoms with Crippen LogP contribution in [-0.4, -0.2) is 71.5 Å². The van der Waals surface area contributed by atoms with E-state index in [0.717, 1.165) is 68.8 Å². The Balaban J connectivity index is 1.67. The lowest BCUT2D eigenvalue weighted by Crippen LogP contribution is -2.37. The predicted octanol–water partition coefficient (Wildman–Crippen LogP) is 1.72. The van der Waals surface area contributed by atoms with Gasteiger partial charge in [-0.25, -0.2) is 9.97 Å². The summed E-state index contributed by atoms with van der Waals surface area (Å²) in [5.41, 5.74) is 0. The van der Waals surface area contributed by atoms with Crippen LogP contribution in [0, 0.1) is 5.92 Å². The first-order valence-corrected chi connectivity index (χ1v) is 9.99. The third kappa shape index (κ3) is 4.12. The fourth-order valence-corrected chi connectivity index (χ4v) is 4.11. The zero-order valence-corrected chi connectivity index (χ0v) is 15.5. The molecule has 3 heterocycles. The van der Waals surface area contributed by atoms with Crippen molar-refractivity contribution in [2.24, 2.45) is 5.92 Å². The van der Waals surface area contributed by atoms with E-state index in [2.05, 4.69) is 25.8 Å². The van der Waals surface area contributed by atoms with Crippen molar-refractivity contribution in [3.8, 4) is 0 Å². The molecule has 2 fully saturated rings. The van der Waals surface area contributed by atoms with Gasteiger partial charge in [-0.3, -0.25) is 4.79 Å². The molecule has 132 valence electrons. The Kier molecular flexibility index (Phi) is 5.81. The summed E-state index contributed by atoms with van der Waals surface area (Å²) in [5.74, 6) is 4.66. The normalized spacial score (nSPS) is 19.5. The standard InChI is InChI=1S/C17H27N5OS/c1-14(2)17(23)22-5-3-4-20(6-7-22)15-12-16(19-13-18-15)21-8-10-24-11-9-21/h12-14H,3-11H2,1-2H3. The molecule has 2 saturated heterocycles. The Hall–Kier alpha value is -1.50. The lowest BCUT2D eigenvalue weighted by Gasteiger charge is -2.29. The molecular formula is C17H27N5OS. The van der Waals surface area contributed by atoms with Crippen LogP contribution >= 0.6 is 11.8 Å². The van der Waals surface area contributed by atoms with Crippen molar-refractivity contribution in [1.82, 2.24) is 14.9 Å². The molecule has 7 heteroatoms. The van der Waals surface area contributed by atoms with Crippen molar-refractivity contribution in [2.45, 2.75) is 20.3 Å². The lowest BCUT2D eigenvalue weighted by atomic mass is 10.2. The van der Waals surface area contributed by atoms with E-state index >= 15 is 0 Å². The summed E-state index contributed by atoms with van der Waals surface area (Å²) in [7, 11) is 0. The maximum atomic E-state index is 12.2. The number of nitrogens with zero attached hydrogens (tertiary/aromatic N) is 5. The number of aromatic nitrogens is 2. The van der Waals surface area contributed by atoms with E-state index in [-0.39, 0.29) is 11.8 Å². The smallest absolute Gasteiger partial charge is 0.225 e. The van der Waals surface area contributed by atoms with Crippen molar-refractivity contribution >= 4 is 29.3 Å². The van der Waals surface area contributed by atoms with E-state index in [9.17, 15) is 4.79 Å². The Morgan fingerprint density at radius 2 is 1.67 bits per heavy atom. The van der Waals surface area contributed by atoms with Crippen LogP contribution in [0.1, 0.15) is 20.3 Å². The number of amides is 1. The van der Waals surface area contributed by atoms with E-state index in [1.54, 1.807) is 6.33 Å². The zero-order valence-electron chi connectivity index (χ0n) is 14.6. The van der Waals surface area contributed by atoms with Crippen LogP contribution in [0.5, 0.6) is 0 Å². The molecule has 0 atom stereocenters. The minimum absolute atomic E-state index is 0.0687. The lowest BCUT2D eigenvalue weighted by molar-refractivity contribution is -0.134. The molecular weight excluding hydrogens is 322 g/mol. The van der Waals surface area contributed by atoms with Gasteiger partial charge in [-0.1, -0.05) is 13.8 Å². The third-order valence-electron chi connectivity index (χ3n) is 4.60. The van der Waals surface area contributed by atoms with E-state index in [1.165, 1.54) is 0 Å². The summed E-state index contributed by atoms with van der Waals surface area (Å²) >= 11 is 2.00.